The van der Waals surface area contributed by atoms with Gasteiger partial charge in [-0.2, -0.15) is 5.26 Å². The van der Waals surface area contributed by atoms with E-state index in [4.69, 9.17) is 20.7 Å². The Hall–Kier alpha value is -3.98. The molecule has 0 atom stereocenters. The van der Waals surface area contributed by atoms with Crippen molar-refractivity contribution in [2.75, 3.05) is 12.3 Å². The Balaban J connectivity index is 1.77. The van der Waals surface area contributed by atoms with Gasteiger partial charge in [0.25, 0.3) is 0 Å². The molecule has 0 saturated carbocycles. The smallest absolute Gasteiger partial charge is 0.220 e. The van der Waals surface area contributed by atoms with Crippen molar-refractivity contribution < 1.29 is 4.74 Å². The van der Waals surface area contributed by atoms with Gasteiger partial charge in [-0.05, 0) is 29.8 Å². The summed E-state index contributed by atoms with van der Waals surface area (Å²) in [6.07, 6.45) is 0.617. The van der Waals surface area contributed by atoms with Crippen LogP contribution in [0, 0.1) is 11.3 Å². The SMILES string of the molecule is N#CCOc1cccc(-c2ccc3nc(N)nc(Cc4ccccc4)c3n2)c1. The highest BCUT2D eigenvalue weighted by Gasteiger charge is 2.11. The number of nitrogens with zero attached hydrogens (tertiary/aromatic N) is 4. The molecule has 0 aliphatic heterocycles. The maximum atomic E-state index is 8.69. The molecule has 0 amide bonds. The standard InChI is InChI=1S/C22H17N5O/c23-11-12-28-17-8-4-7-16(14-17)18-9-10-19-21(25-18)20(27-22(24)26-19)13-15-5-2-1-3-6-15/h1-10,14H,12-13H2,(H2,24,26,27). The largest absolute Gasteiger partial charge is 0.479 e. The average Bonchev–Trinajstić information content (AvgIpc) is 2.73. The Bertz CT molecular complexity index is 1170. The van der Waals surface area contributed by atoms with Crippen LogP contribution in [0.4, 0.5) is 5.95 Å². The quantitative estimate of drug-likeness (QED) is 0.577. The number of pyridine rings is 1. The molecule has 0 saturated heterocycles. The van der Waals surface area contributed by atoms with Gasteiger partial charge in [0.15, 0.2) is 6.61 Å². The van der Waals surface area contributed by atoms with Crippen molar-refractivity contribution in [1.29, 1.82) is 5.26 Å². The van der Waals surface area contributed by atoms with Crippen LogP contribution in [0.25, 0.3) is 22.3 Å². The summed E-state index contributed by atoms with van der Waals surface area (Å²) in [7, 11) is 0. The molecule has 6 nitrogen and oxygen atoms in total. The van der Waals surface area contributed by atoms with E-state index in [2.05, 4.69) is 9.97 Å². The van der Waals surface area contributed by atoms with Gasteiger partial charge in [0, 0.05) is 12.0 Å². The number of anilines is 1. The highest BCUT2D eigenvalue weighted by atomic mass is 16.5. The van der Waals surface area contributed by atoms with Crippen LogP contribution in [0.5, 0.6) is 5.75 Å². The van der Waals surface area contributed by atoms with Crippen LogP contribution in [0.15, 0.2) is 66.7 Å². The Morgan fingerprint density at radius 3 is 2.61 bits per heavy atom. The second kappa shape index (κ2) is 7.72. The van der Waals surface area contributed by atoms with E-state index in [1.807, 2.05) is 72.8 Å². The van der Waals surface area contributed by atoms with Gasteiger partial charge in [0.05, 0.1) is 16.9 Å². The number of hydrogen-bond donors (Lipinski definition) is 1. The van der Waals surface area contributed by atoms with Crippen molar-refractivity contribution in [3.63, 3.8) is 0 Å². The molecule has 0 aliphatic rings. The van der Waals surface area contributed by atoms with Gasteiger partial charge >= 0.3 is 0 Å². The molecule has 4 aromatic rings. The number of rotatable bonds is 5. The molecular weight excluding hydrogens is 350 g/mol. The highest BCUT2D eigenvalue weighted by Crippen LogP contribution is 2.26. The van der Waals surface area contributed by atoms with Crippen molar-refractivity contribution in [2.24, 2.45) is 0 Å². The lowest BCUT2D eigenvalue weighted by atomic mass is 10.1. The molecule has 0 radical (unpaired) electrons. The zero-order valence-corrected chi connectivity index (χ0v) is 15.0. The van der Waals surface area contributed by atoms with Gasteiger partial charge in [0.1, 0.15) is 17.3 Å². The number of ether oxygens (including phenoxy) is 1. The summed E-state index contributed by atoms with van der Waals surface area (Å²) in [6.45, 7) is 0.00292. The fraction of sp³-hybridized carbons (Fsp3) is 0.0909. The van der Waals surface area contributed by atoms with Crippen molar-refractivity contribution >= 4 is 17.0 Å². The summed E-state index contributed by atoms with van der Waals surface area (Å²) in [5.74, 6) is 0.860. The van der Waals surface area contributed by atoms with Crippen LogP contribution >= 0.6 is 0 Å². The van der Waals surface area contributed by atoms with E-state index in [9.17, 15) is 0 Å². The number of nitriles is 1. The Morgan fingerprint density at radius 2 is 1.79 bits per heavy atom. The molecule has 0 spiro atoms. The fourth-order valence-electron chi connectivity index (χ4n) is 3.03. The van der Waals surface area contributed by atoms with Crippen molar-refractivity contribution in [3.8, 4) is 23.1 Å². The summed E-state index contributed by atoms with van der Waals surface area (Å²) >= 11 is 0. The molecule has 0 bridgehead atoms. The van der Waals surface area contributed by atoms with E-state index in [1.54, 1.807) is 0 Å². The first-order chi connectivity index (χ1) is 13.7. The summed E-state index contributed by atoms with van der Waals surface area (Å²) < 4.78 is 5.39. The summed E-state index contributed by atoms with van der Waals surface area (Å²) in [4.78, 5) is 13.6. The minimum absolute atomic E-state index is 0.00292. The Labute approximate surface area is 162 Å². The normalized spacial score (nSPS) is 10.5. The van der Waals surface area contributed by atoms with E-state index < -0.39 is 0 Å². The van der Waals surface area contributed by atoms with Crippen molar-refractivity contribution in [1.82, 2.24) is 15.0 Å². The second-order valence-electron chi connectivity index (χ2n) is 6.23. The van der Waals surface area contributed by atoms with Gasteiger partial charge < -0.3 is 10.5 Å². The van der Waals surface area contributed by atoms with E-state index in [0.717, 1.165) is 28.0 Å². The number of hydrogen-bond acceptors (Lipinski definition) is 6. The Kier molecular flexibility index (Phi) is 4.81. The minimum atomic E-state index is 0.00292. The fourth-order valence-corrected chi connectivity index (χ4v) is 3.03. The van der Waals surface area contributed by atoms with E-state index in [1.165, 1.54) is 0 Å². The third-order valence-electron chi connectivity index (χ3n) is 4.28. The van der Waals surface area contributed by atoms with Crippen LogP contribution in [-0.4, -0.2) is 21.6 Å². The number of nitrogens with two attached hydrogens (primary N) is 1. The molecule has 2 heterocycles. The van der Waals surface area contributed by atoms with Gasteiger partial charge in [-0.3, -0.25) is 0 Å². The van der Waals surface area contributed by atoms with Gasteiger partial charge in [-0.15, -0.1) is 0 Å². The second-order valence-corrected chi connectivity index (χ2v) is 6.23. The zero-order valence-electron chi connectivity index (χ0n) is 15.0. The topological polar surface area (TPSA) is 97.7 Å². The summed E-state index contributed by atoms with van der Waals surface area (Å²) in [6, 6.07) is 23.3. The average molecular weight is 367 g/mol. The first-order valence-electron chi connectivity index (χ1n) is 8.80. The van der Waals surface area contributed by atoms with Crippen LogP contribution in [-0.2, 0) is 6.42 Å². The van der Waals surface area contributed by atoms with Crippen LogP contribution in [0.1, 0.15) is 11.3 Å². The van der Waals surface area contributed by atoms with E-state index in [-0.39, 0.29) is 12.6 Å². The zero-order chi connectivity index (χ0) is 19.3. The predicted molar refractivity (Wildman–Crippen MR) is 108 cm³/mol. The summed E-state index contributed by atoms with van der Waals surface area (Å²) in [5.41, 5.74) is 10.9. The lowest BCUT2D eigenvalue weighted by molar-refractivity contribution is 0.368. The minimum Gasteiger partial charge on any atom is -0.479 e. The van der Waals surface area contributed by atoms with Gasteiger partial charge in [0.2, 0.25) is 5.95 Å². The number of aromatic nitrogens is 3. The van der Waals surface area contributed by atoms with Crippen molar-refractivity contribution in [2.45, 2.75) is 6.42 Å². The monoisotopic (exact) mass is 367 g/mol. The molecule has 28 heavy (non-hydrogen) atoms. The molecule has 2 aromatic heterocycles. The van der Waals surface area contributed by atoms with Crippen LogP contribution < -0.4 is 10.5 Å². The van der Waals surface area contributed by atoms with Gasteiger partial charge in [-0.25, -0.2) is 15.0 Å². The number of benzene rings is 2. The van der Waals surface area contributed by atoms with Gasteiger partial charge in [-0.1, -0.05) is 42.5 Å². The Morgan fingerprint density at radius 1 is 0.929 bits per heavy atom. The predicted octanol–water partition coefficient (Wildman–Crippen LogP) is 3.77. The summed E-state index contributed by atoms with van der Waals surface area (Å²) in [5, 5.41) is 8.69. The van der Waals surface area contributed by atoms with E-state index >= 15 is 0 Å². The highest BCUT2D eigenvalue weighted by molar-refractivity contribution is 5.81. The third-order valence-corrected chi connectivity index (χ3v) is 4.28. The molecule has 2 aromatic carbocycles. The van der Waals surface area contributed by atoms with Crippen LogP contribution in [0.3, 0.4) is 0 Å². The molecule has 2 N–H and O–H groups in total. The number of nitrogen functional groups attached to an aromatic ring is 1. The first-order valence-corrected chi connectivity index (χ1v) is 8.80. The molecular formula is C22H17N5O. The first kappa shape index (κ1) is 17.4. The number of fused-ring (bicyclic) bond motifs is 1. The van der Waals surface area contributed by atoms with E-state index in [0.29, 0.717) is 17.7 Å². The lowest BCUT2D eigenvalue weighted by Crippen LogP contribution is -2.03. The molecule has 0 unspecified atom stereocenters. The third kappa shape index (κ3) is 3.74. The maximum absolute atomic E-state index is 8.69. The molecule has 136 valence electrons. The van der Waals surface area contributed by atoms with Crippen molar-refractivity contribution in [3.05, 3.63) is 78.0 Å². The lowest BCUT2D eigenvalue weighted by Gasteiger charge is -2.09. The maximum Gasteiger partial charge on any atom is 0.220 e. The molecule has 4 rings (SSSR count). The molecule has 0 aliphatic carbocycles. The molecule has 6 heteroatoms. The van der Waals surface area contributed by atoms with Crippen LogP contribution in [0.2, 0.25) is 0 Å². The molecule has 0 fully saturated rings.